The van der Waals surface area contributed by atoms with Gasteiger partial charge in [0, 0.05) is 11.1 Å². The molecule has 0 radical (unpaired) electrons. The Morgan fingerprint density at radius 3 is 1.25 bits per heavy atom. The zero-order valence-corrected chi connectivity index (χ0v) is 17.2. The number of rotatable bonds is 6. The maximum absolute atomic E-state index is 11.4. The molecule has 3 N–H and O–H groups in total. The minimum atomic E-state index is -1.53. The highest BCUT2D eigenvalue weighted by atomic mass is 16.4. The van der Waals surface area contributed by atoms with Crippen molar-refractivity contribution in [2.45, 2.75) is 59.9 Å². The van der Waals surface area contributed by atoms with Crippen LogP contribution in [0.15, 0.2) is 12.1 Å². The van der Waals surface area contributed by atoms with Gasteiger partial charge in [-0.3, -0.25) is 9.59 Å². The van der Waals surface area contributed by atoms with E-state index in [4.69, 9.17) is 0 Å². The second-order valence-corrected chi connectivity index (χ2v) is 7.54. The van der Waals surface area contributed by atoms with Crippen LogP contribution in [0.5, 0.6) is 0 Å². The van der Waals surface area contributed by atoms with Crippen LogP contribution in [0, 0.1) is 41.5 Å². The fraction of sp³-hybridized carbons (Fsp3) is 0.391. The van der Waals surface area contributed by atoms with Crippen LogP contribution in [0.25, 0.3) is 0 Å². The Balaban J connectivity index is 2.55. The summed E-state index contributed by atoms with van der Waals surface area (Å²) in [5, 5.41) is 32.5. The number of aryl methyl sites for hydroxylation is 4. The first-order valence-corrected chi connectivity index (χ1v) is 9.22. The van der Waals surface area contributed by atoms with E-state index in [2.05, 4.69) is 0 Å². The third-order valence-electron chi connectivity index (χ3n) is 5.66. The van der Waals surface area contributed by atoms with Crippen molar-refractivity contribution in [2.75, 3.05) is 0 Å². The average molecular weight is 384 g/mol. The van der Waals surface area contributed by atoms with E-state index in [-0.39, 0.29) is 0 Å². The fourth-order valence-corrected chi connectivity index (χ4v) is 4.22. The molecule has 2 aromatic carbocycles. The monoisotopic (exact) mass is 384 g/mol. The van der Waals surface area contributed by atoms with Gasteiger partial charge in [0.05, 0.1) is 0 Å². The Morgan fingerprint density at radius 2 is 0.964 bits per heavy atom. The molecule has 150 valence electrons. The van der Waals surface area contributed by atoms with Crippen LogP contribution in [-0.2, 0) is 0 Å². The van der Waals surface area contributed by atoms with Gasteiger partial charge in [-0.15, -0.1) is 0 Å². The van der Waals surface area contributed by atoms with E-state index in [9.17, 15) is 24.9 Å². The number of aldehydes is 2. The number of hydrogen-bond acceptors (Lipinski definition) is 5. The lowest BCUT2D eigenvalue weighted by Gasteiger charge is -2.29. The lowest BCUT2D eigenvalue weighted by atomic mass is 9.84. The van der Waals surface area contributed by atoms with Gasteiger partial charge >= 0.3 is 0 Å². The molecule has 0 aromatic heterocycles. The topological polar surface area (TPSA) is 94.8 Å². The number of carbonyl (C=O) groups is 2. The maximum Gasteiger partial charge on any atom is 0.150 e. The molecule has 0 fully saturated rings. The molecule has 2 unspecified atom stereocenters. The molecule has 0 spiro atoms. The third-order valence-corrected chi connectivity index (χ3v) is 5.66. The molecular formula is C23H28O5. The number of aliphatic hydroxyl groups excluding tert-OH is 3. The second-order valence-electron chi connectivity index (χ2n) is 7.54. The summed E-state index contributed by atoms with van der Waals surface area (Å²) in [5.41, 5.74) is 5.98. The number of benzene rings is 2. The lowest BCUT2D eigenvalue weighted by molar-refractivity contribution is -0.0630. The van der Waals surface area contributed by atoms with Gasteiger partial charge in [0.1, 0.15) is 18.3 Å². The summed E-state index contributed by atoms with van der Waals surface area (Å²) in [6, 6.07) is 3.56. The van der Waals surface area contributed by atoms with Crippen molar-refractivity contribution in [1.82, 2.24) is 0 Å². The van der Waals surface area contributed by atoms with E-state index in [0.29, 0.717) is 33.4 Å². The fourth-order valence-electron chi connectivity index (χ4n) is 4.22. The van der Waals surface area contributed by atoms with Gasteiger partial charge in [-0.25, -0.2) is 0 Å². The third kappa shape index (κ3) is 3.65. The first kappa shape index (κ1) is 22.0. The molecule has 0 saturated carbocycles. The van der Waals surface area contributed by atoms with Gasteiger partial charge in [-0.05, 0) is 86.1 Å². The number of carbonyl (C=O) groups excluding carboxylic acids is 2. The van der Waals surface area contributed by atoms with Gasteiger partial charge in [0.15, 0.2) is 12.6 Å². The molecule has 28 heavy (non-hydrogen) atoms. The summed E-state index contributed by atoms with van der Waals surface area (Å²) >= 11 is 0. The molecule has 0 aliphatic heterocycles. The molecular weight excluding hydrogens is 356 g/mol. The SMILES string of the molecule is Cc1cc(C)c(C(O)C(O)C(O)c2c(C)cc(C)c(C=O)c2C)c(C)c1C=O. The Labute approximate surface area is 165 Å². The van der Waals surface area contributed by atoms with Crippen molar-refractivity contribution >= 4 is 12.6 Å². The van der Waals surface area contributed by atoms with Gasteiger partial charge in [-0.2, -0.15) is 0 Å². The molecule has 0 aliphatic rings. The van der Waals surface area contributed by atoms with Crippen LogP contribution in [0.1, 0.15) is 77.4 Å². The highest BCUT2D eigenvalue weighted by molar-refractivity contribution is 5.81. The van der Waals surface area contributed by atoms with Crippen molar-refractivity contribution in [1.29, 1.82) is 0 Å². The van der Waals surface area contributed by atoms with Crippen LogP contribution >= 0.6 is 0 Å². The predicted octanol–water partition coefficient (Wildman–Crippen LogP) is 3.29. The highest BCUT2D eigenvalue weighted by Crippen LogP contribution is 2.36. The Morgan fingerprint density at radius 1 is 0.643 bits per heavy atom. The molecule has 0 aliphatic carbocycles. The van der Waals surface area contributed by atoms with Crippen molar-refractivity contribution < 1.29 is 24.9 Å². The average Bonchev–Trinajstić information content (AvgIpc) is 2.60. The van der Waals surface area contributed by atoms with Crippen molar-refractivity contribution in [3.8, 4) is 0 Å². The summed E-state index contributed by atoms with van der Waals surface area (Å²) in [6.07, 6.45) is -2.86. The molecule has 0 bridgehead atoms. The molecule has 0 saturated heterocycles. The highest BCUT2D eigenvalue weighted by Gasteiger charge is 2.32. The van der Waals surface area contributed by atoms with Crippen LogP contribution < -0.4 is 0 Å². The van der Waals surface area contributed by atoms with Crippen LogP contribution in [0.2, 0.25) is 0 Å². The zero-order valence-electron chi connectivity index (χ0n) is 17.2. The quantitative estimate of drug-likeness (QED) is 0.665. The molecule has 2 atom stereocenters. The summed E-state index contributed by atoms with van der Waals surface area (Å²) in [5.74, 6) is 0. The van der Waals surface area contributed by atoms with Gasteiger partial charge in [0.25, 0.3) is 0 Å². The summed E-state index contributed by atoms with van der Waals surface area (Å²) < 4.78 is 0. The van der Waals surface area contributed by atoms with E-state index >= 15 is 0 Å². The molecule has 0 heterocycles. The molecule has 0 amide bonds. The summed E-state index contributed by atoms with van der Waals surface area (Å²) in [6.45, 7) is 10.6. The van der Waals surface area contributed by atoms with Gasteiger partial charge in [-0.1, -0.05) is 12.1 Å². The van der Waals surface area contributed by atoms with E-state index in [1.807, 2.05) is 13.8 Å². The summed E-state index contributed by atoms with van der Waals surface area (Å²) in [7, 11) is 0. The molecule has 5 heteroatoms. The molecule has 2 aromatic rings. The van der Waals surface area contributed by atoms with E-state index in [1.165, 1.54) is 0 Å². The predicted molar refractivity (Wildman–Crippen MR) is 108 cm³/mol. The Kier molecular flexibility index (Phi) is 6.55. The van der Waals surface area contributed by atoms with Crippen molar-refractivity contribution in [2.24, 2.45) is 0 Å². The Bertz CT molecular complexity index is 854. The lowest BCUT2D eigenvalue weighted by Crippen LogP contribution is -2.29. The van der Waals surface area contributed by atoms with Crippen molar-refractivity contribution in [3.05, 3.63) is 67.8 Å². The minimum absolute atomic E-state index is 0.428. The van der Waals surface area contributed by atoms with Crippen LogP contribution in [-0.4, -0.2) is 34.0 Å². The number of aliphatic hydroxyl groups is 3. The zero-order chi connectivity index (χ0) is 21.3. The largest absolute Gasteiger partial charge is 0.387 e. The standard InChI is InChI=1S/C23H28O5/c1-11-7-13(3)19(15(5)17(11)9-24)21(26)23(28)22(27)20-14(4)8-12(2)18(10-25)16(20)6/h7-10,21-23,26-28H,1-6H3. The first-order chi connectivity index (χ1) is 13.1. The van der Waals surface area contributed by atoms with Gasteiger partial charge < -0.3 is 15.3 Å². The van der Waals surface area contributed by atoms with Crippen molar-refractivity contribution in [3.63, 3.8) is 0 Å². The molecule has 2 rings (SSSR count). The van der Waals surface area contributed by atoms with E-state index in [1.54, 1.807) is 39.8 Å². The summed E-state index contributed by atoms with van der Waals surface area (Å²) in [4.78, 5) is 22.8. The van der Waals surface area contributed by atoms with E-state index < -0.39 is 18.3 Å². The Hall–Kier alpha value is -2.34. The smallest absolute Gasteiger partial charge is 0.150 e. The molecule has 5 nitrogen and oxygen atoms in total. The van der Waals surface area contributed by atoms with E-state index in [0.717, 1.165) is 34.8 Å². The first-order valence-electron chi connectivity index (χ1n) is 9.22. The van der Waals surface area contributed by atoms with Crippen LogP contribution in [0.3, 0.4) is 0 Å². The normalized spacial score (nSPS) is 14.5. The van der Waals surface area contributed by atoms with Gasteiger partial charge in [0.2, 0.25) is 0 Å². The van der Waals surface area contributed by atoms with Crippen LogP contribution in [0.4, 0.5) is 0 Å². The second kappa shape index (κ2) is 8.35. The maximum atomic E-state index is 11.4. The minimum Gasteiger partial charge on any atom is -0.387 e. The number of hydrogen-bond donors (Lipinski definition) is 3.